The second kappa shape index (κ2) is 6.99. The van der Waals surface area contributed by atoms with Crippen molar-refractivity contribution in [2.75, 3.05) is 10.6 Å². The number of halogens is 4. The van der Waals surface area contributed by atoms with E-state index in [1.807, 2.05) is 0 Å². The summed E-state index contributed by atoms with van der Waals surface area (Å²) in [6.45, 7) is 4.27. The molecule has 1 aromatic carbocycles. The maximum atomic E-state index is 12.9. The van der Waals surface area contributed by atoms with Gasteiger partial charge in [0.2, 0.25) is 11.8 Å². The van der Waals surface area contributed by atoms with Crippen molar-refractivity contribution in [2.45, 2.75) is 26.9 Å². The van der Waals surface area contributed by atoms with Gasteiger partial charge in [-0.1, -0.05) is 16.8 Å². The molecule has 10 heteroatoms. The van der Waals surface area contributed by atoms with Gasteiger partial charge in [-0.25, -0.2) is 0 Å². The van der Waals surface area contributed by atoms with Gasteiger partial charge in [-0.15, -0.1) is 0 Å². The molecule has 0 atom stereocenters. The van der Waals surface area contributed by atoms with Gasteiger partial charge in [-0.2, -0.15) is 13.2 Å². The van der Waals surface area contributed by atoms with Gasteiger partial charge >= 0.3 is 6.18 Å². The van der Waals surface area contributed by atoms with Crippen LogP contribution in [-0.4, -0.2) is 17.0 Å². The molecule has 0 saturated carbocycles. The number of nitrogens with one attached hydrogen (secondary N) is 2. The molecule has 2 amide bonds. The Morgan fingerprint density at radius 3 is 2.27 bits per heavy atom. The van der Waals surface area contributed by atoms with Crippen molar-refractivity contribution in [3.05, 3.63) is 40.6 Å². The lowest BCUT2D eigenvalue weighted by molar-refractivity contribution is -0.138. The monoisotopic (exact) mass is 389 g/mol. The summed E-state index contributed by atoms with van der Waals surface area (Å²) >= 11 is 5.54. The normalized spacial score (nSPS) is 12.0. The lowest BCUT2D eigenvalue weighted by Gasteiger charge is -2.22. The molecule has 1 heterocycles. The van der Waals surface area contributed by atoms with Crippen molar-refractivity contribution in [3.63, 3.8) is 0 Å². The SMILES string of the molecule is Cc1cc(NC(=O)C(C)(C)C(=O)Nc2ccc(Cl)c(C(F)(F)F)c2)no1. The molecule has 0 spiro atoms. The lowest BCUT2D eigenvalue weighted by atomic mass is 9.91. The summed E-state index contributed by atoms with van der Waals surface area (Å²) in [6, 6.07) is 4.39. The number of hydrogen-bond donors (Lipinski definition) is 2. The highest BCUT2D eigenvalue weighted by Crippen LogP contribution is 2.36. The van der Waals surface area contributed by atoms with Gasteiger partial charge in [0.25, 0.3) is 0 Å². The van der Waals surface area contributed by atoms with Gasteiger partial charge in [0.05, 0.1) is 10.6 Å². The van der Waals surface area contributed by atoms with Crippen LogP contribution < -0.4 is 10.6 Å². The van der Waals surface area contributed by atoms with E-state index in [0.29, 0.717) is 11.8 Å². The summed E-state index contributed by atoms with van der Waals surface area (Å²) in [6.07, 6.45) is -4.67. The maximum absolute atomic E-state index is 12.9. The smallest absolute Gasteiger partial charge is 0.360 e. The first-order valence-corrected chi connectivity index (χ1v) is 7.72. The zero-order valence-corrected chi connectivity index (χ0v) is 14.7. The molecule has 0 saturated heterocycles. The zero-order chi connectivity index (χ0) is 19.7. The maximum Gasteiger partial charge on any atom is 0.417 e. The van der Waals surface area contributed by atoms with Crippen LogP contribution in [0.25, 0.3) is 0 Å². The molecule has 140 valence electrons. The Morgan fingerprint density at radius 2 is 1.73 bits per heavy atom. The summed E-state index contributed by atoms with van der Waals surface area (Å²) < 4.78 is 43.5. The van der Waals surface area contributed by atoms with E-state index >= 15 is 0 Å². The van der Waals surface area contributed by atoms with Crippen LogP contribution in [0.15, 0.2) is 28.8 Å². The fourth-order valence-electron chi connectivity index (χ4n) is 1.91. The second-order valence-corrected chi connectivity index (χ2v) is 6.46. The quantitative estimate of drug-likeness (QED) is 0.765. The van der Waals surface area contributed by atoms with Crippen LogP contribution >= 0.6 is 11.6 Å². The average molecular weight is 390 g/mol. The van der Waals surface area contributed by atoms with Crippen LogP contribution in [0.4, 0.5) is 24.7 Å². The summed E-state index contributed by atoms with van der Waals surface area (Å²) in [5.74, 6) is -0.915. The number of nitrogens with zero attached hydrogens (tertiary/aromatic N) is 1. The molecule has 2 rings (SSSR count). The number of rotatable bonds is 4. The van der Waals surface area contributed by atoms with Crippen LogP contribution in [-0.2, 0) is 15.8 Å². The number of aryl methyl sites for hydroxylation is 1. The second-order valence-electron chi connectivity index (χ2n) is 6.05. The molecule has 2 aromatic rings. The fourth-order valence-corrected chi connectivity index (χ4v) is 2.13. The van der Waals surface area contributed by atoms with Crippen LogP contribution in [0.1, 0.15) is 25.2 Å². The minimum absolute atomic E-state index is 0.124. The van der Waals surface area contributed by atoms with E-state index in [4.69, 9.17) is 16.1 Å². The number of carbonyl (C=O) groups excluding carboxylic acids is 2. The Labute approximate surface area is 151 Å². The van der Waals surface area contributed by atoms with Gasteiger partial charge in [0, 0.05) is 11.8 Å². The Hall–Kier alpha value is -2.55. The number of hydrogen-bond acceptors (Lipinski definition) is 4. The van der Waals surface area contributed by atoms with Crippen molar-refractivity contribution in [1.82, 2.24) is 5.16 Å². The van der Waals surface area contributed by atoms with Gasteiger partial charge in [-0.05, 0) is 39.0 Å². The Bertz CT molecular complexity index is 847. The summed E-state index contributed by atoms with van der Waals surface area (Å²) in [7, 11) is 0. The minimum atomic E-state index is -4.67. The molecule has 0 aliphatic rings. The van der Waals surface area contributed by atoms with Crippen molar-refractivity contribution < 1.29 is 27.3 Å². The van der Waals surface area contributed by atoms with E-state index in [0.717, 1.165) is 6.07 Å². The summed E-state index contributed by atoms with van der Waals surface area (Å²) in [5.41, 5.74) is -2.81. The number of amides is 2. The molecular weight excluding hydrogens is 375 g/mol. The highest BCUT2D eigenvalue weighted by atomic mass is 35.5. The lowest BCUT2D eigenvalue weighted by Crippen LogP contribution is -2.41. The molecule has 6 nitrogen and oxygen atoms in total. The number of alkyl halides is 3. The van der Waals surface area contributed by atoms with Crippen LogP contribution in [0.5, 0.6) is 0 Å². The summed E-state index contributed by atoms with van der Waals surface area (Å²) in [4.78, 5) is 24.7. The summed E-state index contributed by atoms with van der Waals surface area (Å²) in [5, 5.41) is 7.79. The van der Waals surface area contributed by atoms with Crippen molar-refractivity contribution >= 4 is 34.9 Å². The van der Waals surface area contributed by atoms with E-state index in [9.17, 15) is 22.8 Å². The average Bonchev–Trinajstić information content (AvgIpc) is 2.93. The molecule has 0 aliphatic carbocycles. The number of benzene rings is 1. The first-order valence-electron chi connectivity index (χ1n) is 7.34. The largest absolute Gasteiger partial charge is 0.417 e. The van der Waals surface area contributed by atoms with Crippen molar-refractivity contribution in [3.8, 4) is 0 Å². The molecule has 0 fully saturated rings. The standard InChI is InChI=1S/C16H15ClF3N3O3/c1-8-6-12(23-26-8)22-14(25)15(2,3)13(24)21-9-4-5-11(17)10(7-9)16(18,19)20/h4-7H,1-3H3,(H,21,24)(H,22,23,25). The van der Waals surface area contributed by atoms with Crippen LogP contribution in [0.2, 0.25) is 5.02 Å². The third-order valence-electron chi connectivity index (χ3n) is 3.53. The van der Waals surface area contributed by atoms with Crippen molar-refractivity contribution in [1.29, 1.82) is 0 Å². The Balaban J connectivity index is 2.16. The van der Waals surface area contributed by atoms with E-state index in [-0.39, 0.29) is 11.5 Å². The number of carbonyl (C=O) groups is 2. The van der Waals surface area contributed by atoms with Crippen LogP contribution in [0, 0.1) is 12.3 Å². The first-order chi connectivity index (χ1) is 11.9. The Morgan fingerprint density at radius 1 is 1.12 bits per heavy atom. The van der Waals surface area contributed by atoms with E-state index < -0.39 is 34.0 Å². The molecule has 2 N–H and O–H groups in total. The van der Waals surface area contributed by atoms with Gasteiger partial charge in [0.15, 0.2) is 5.82 Å². The molecule has 1 aromatic heterocycles. The molecular formula is C16H15ClF3N3O3. The third-order valence-corrected chi connectivity index (χ3v) is 3.86. The topological polar surface area (TPSA) is 84.2 Å². The Kier molecular flexibility index (Phi) is 5.31. The van der Waals surface area contributed by atoms with E-state index in [2.05, 4.69) is 15.8 Å². The fraction of sp³-hybridized carbons (Fsp3) is 0.312. The molecule has 26 heavy (non-hydrogen) atoms. The number of anilines is 2. The third kappa shape index (κ3) is 4.34. The first kappa shape index (κ1) is 19.8. The highest BCUT2D eigenvalue weighted by molar-refractivity contribution is 6.31. The molecule has 0 bridgehead atoms. The van der Waals surface area contributed by atoms with E-state index in [1.54, 1.807) is 6.92 Å². The predicted molar refractivity (Wildman–Crippen MR) is 88.7 cm³/mol. The molecule has 0 aliphatic heterocycles. The predicted octanol–water partition coefficient (Wildman–Crippen LogP) is 4.26. The van der Waals surface area contributed by atoms with Gasteiger partial charge < -0.3 is 15.2 Å². The van der Waals surface area contributed by atoms with Gasteiger partial charge in [-0.3, -0.25) is 9.59 Å². The molecule has 0 radical (unpaired) electrons. The minimum Gasteiger partial charge on any atom is -0.360 e. The highest BCUT2D eigenvalue weighted by Gasteiger charge is 2.37. The van der Waals surface area contributed by atoms with E-state index in [1.165, 1.54) is 26.0 Å². The zero-order valence-electron chi connectivity index (χ0n) is 14.0. The number of aromatic nitrogens is 1. The van der Waals surface area contributed by atoms with Crippen LogP contribution in [0.3, 0.4) is 0 Å². The molecule has 0 unspecified atom stereocenters. The van der Waals surface area contributed by atoms with Gasteiger partial charge in [0.1, 0.15) is 11.2 Å². The van der Waals surface area contributed by atoms with Crippen molar-refractivity contribution in [2.24, 2.45) is 5.41 Å².